The van der Waals surface area contributed by atoms with Gasteiger partial charge in [-0.05, 0) is 51.2 Å². The minimum atomic E-state index is 0.398. The van der Waals surface area contributed by atoms with Crippen molar-refractivity contribution in [3.05, 3.63) is 38.5 Å². The maximum absolute atomic E-state index is 4.89. The number of rotatable bonds is 8. The van der Waals surface area contributed by atoms with Crippen molar-refractivity contribution < 1.29 is 0 Å². The molecule has 1 aliphatic rings. The first kappa shape index (κ1) is 19.3. The molecule has 1 unspecified atom stereocenters. The lowest BCUT2D eigenvalue weighted by atomic mass is 10.2. The maximum Gasteiger partial charge on any atom is 0.191 e. The summed E-state index contributed by atoms with van der Waals surface area (Å²) in [5.41, 5.74) is 0. The van der Waals surface area contributed by atoms with E-state index in [9.17, 15) is 0 Å². The number of likely N-dealkylation sites (tertiary alicyclic amines) is 1. The average molecular weight is 392 g/mol. The molecule has 2 aromatic heterocycles. The molecule has 3 heterocycles. The molecule has 0 saturated carbocycles. The summed E-state index contributed by atoms with van der Waals surface area (Å²) in [6.45, 7) is 9.10. The monoisotopic (exact) mass is 391 g/mol. The van der Waals surface area contributed by atoms with Crippen LogP contribution in [0.3, 0.4) is 0 Å². The number of guanidine groups is 1. The molecule has 5 nitrogen and oxygen atoms in total. The second kappa shape index (κ2) is 10.0. The Hall–Kier alpha value is -1.44. The van der Waals surface area contributed by atoms with E-state index >= 15 is 0 Å². The zero-order valence-electron chi connectivity index (χ0n) is 15.7. The predicted octanol–water partition coefficient (Wildman–Crippen LogP) is 3.45. The van der Waals surface area contributed by atoms with E-state index in [2.05, 4.69) is 51.9 Å². The van der Waals surface area contributed by atoms with Gasteiger partial charge in [-0.25, -0.2) is 4.98 Å². The third-order valence-corrected chi connectivity index (χ3v) is 6.47. The maximum atomic E-state index is 4.89. The average Bonchev–Trinajstić information content (AvgIpc) is 3.38. The van der Waals surface area contributed by atoms with Crippen LogP contribution in [0.15, 0.2) is 28.7 Å². The SMILES string of the molecule is CCNC(=NCC(c1cccs1)N1CCCC1)NCCc1ncc(C)s1. The first-order valence-electron chi connectivity index (χ1n) is 9.47. The molecule has 7 heteroatoms. The van der Waals surface area contributed by atoms with Crippen LogP contribution in [0.25, 0.3) is 0 Å². The highest BCUT2D eigenvalue weighted by atomic mass is 32.1. The molecule has 1 aliphatic heterocycles. The van der Waals surface area contributed by atoms with Crippen molar-refractivity contribution in [1.82, 2.24) is 20.5 Å². The van der Waals surface area contributed by atoms with Gasteiger partial charge in [-0.3, -0.25) is 9.89 Å². The predicted molar refractivity (Wildman–Crippen MR) is 112 cm³/mol. The Labute approximate surface area is 164 Å². The molecular weight excluding hydrogens is 362 g/mol. The Morgan fingerprint density at radius 2 is 2.19 bits per heavy atom. The second-order valence-corrected chi connectivity index (χ2v) is 8.83. The summed E-state index contributed by atoms with van der Waals surface area (Å²) in [6.07, 6.45) is 5.48. The van der Waals surface area contributed by atoms with Crippen LogP contribution in [0, 0.1) is 6.92 Å². The van der Waals surface area contributed by atoms with E-state index in [1.54, 1.807) is 11.3 Å². The van der Waals surface area contributed by atoms with Crippen LogP contribution >= 0.6 is 22.7 Å². The van der Waals surface area contributed by atoms with Crippen LogP contribution < -0.4 is 10.6 Å². The fourth-order valence-electron chi connectivity index (χ4n) is 3.24. The molecule has 1 atom stereocenters. The number of aliphatic imine (C=N–C) groups is 1. The summed E-state index contributed by atoms with van der Waals surface area (Å²) in [4.78, 5) is 14.6. The molecule has 2 N–H and O–H groups in total. The summed E-state index contributed by atoms with van der Waals surface area (Å²) < 4.78 is 0. The molecule has 142 valence electrons. The Kier molecular flexibility index (Phi) is 7.46. The van der Waals surface area contributed by atoms with Crippen molar-refractivity contribution in [2.75, 3.05) is 32.7 Å². The highest BCUT2D eigenvalue weighted by molar-refractivity contribution is 7.11. The summed E-state index contributed by atoms with van der Waals surface area (Å²) in [7, 11) is 0. The van der Waals surface area contributed by atoms with Crippen molar-refractivity contribution in [1.29, 1.82) is 0 Å². The molecule has 26 heavy (non-hydrogen) atoms. The van der Waals surface area contributed by atoms with Crippen LogP contribution in [-0.2, 0) is 6.42 Å². The third kappa shape index (κ3) is 5.53. The molecule has 0 amide bonds. The highest BCUT2D eigenvalue weighted by Crippen LogP contribution is 2.28. The fraction of sp³-hybridized carbons (Fsp3) is 0.579. The van der Waals surface area contributed by atoms with Gasteiger partial charge in [0.2, 0.25) is 0 Å². The number of aryl methyl sites for hydroxylation is 1. The number of aromatic nitrogens is 1. The van der Waals surface area contributed by atoms with Gasteiger partial charge in [0.15, 0.2) is 5.96 Å². The summed E-state index contributed by atoms with van der Waals surface area (Å²) in [5.74, 6) is 0.904. The largest absolute Gasteiger partial charge is 0.357 e. The lowest BCUT2D eigenvalue weighted by molar-refractivity contribution is 0.255. The lowest BCUT2D eigenvalue weighted by Crippen LogP contribution is -2.39. The molecule has 0 bridgehead atoms. The standard InChI is InChI=1S/C19H29N5S2/c1-3-20-19(21-9-8-18-22-13-15(2)26-18)23-14-16(17-7-6-12-25-17)24-10-4-5-11-24/h6-7,12-13,16H,3-5,8-11,14H2,1-2H3,(H2,20,21,23). The van der Waals surface area contributed by atoms with E-state index in [4.69, 9.17) is 4.99 Å². The number of nitrogens with zero attached hydrogens (tertiary/aromatic N) is 3. The number of hydrogen-bond donors (Lipinski definition) is 2. The van der Waals surface area contributed by atoms with Gasteiger partial charge in [0, 0.05) is 35.5 Å². The summed E-state index contributed by atoms with van der Waals surface area (Å²) in [5, 5.41) is 10.2. The molecule has 3 rings (SSSR count). The quantitative estimate of drug-likeness (QED) is 0.535. The van der Waals surface area contributed by atoms with Crippen LogP contribution in [-0.4, -0.2) is 48.6 Å². The summed E-state index contributed by atoms with van der Waals surface area (Å²) in [6, 6.07) is 4.79. The number of thiazole rings is 1. The van der Waals surface area contributed by atoms with E-state index in [0.29, 0.717) is 6.04 Å². The Morgan fingerprint density at radius 1 is 1.35 bits per heavy atom. The molecular formula is C19H29N5S2. The van der Waals surface area contributed by atoms with Crippen LogP contribution in [0.4, 0.5) is 0 Å². The Morgan fingerprint density at radius 3 is 2.85 bits per heavy atom. The van der Waals surface area contributed by atoms with E-state index in [0.717, 1.165) is 32.0 Å². The number of hydrogen-bond acceptors (Lipinski definition) is 5. The smallest absolute Gasteiger partial charge is 0.191 e. The number of thiophene rings is 1. The third-order valence-electron chi connectivity index (χ3n) is 4.52. The van der Waals surface area contributed by atoms with Gasteiger partial charge in [0.25, 0.3) is 0 Å². The number of nitrogens with one attached hydrogen (secondary N) is 2. The molecule has 1 saturated heterocycles. The minimum absolute atomic E-state index is 0.398. The van der Waals surface area contributed by atoms with Crippen LogP contribution in [0.5, 0.6) is 0 Å². The van der Waals surface area contributed by atoms with E-state index in [-0.39, 0.29) is 0 Å². The van der Waals surface area contributed by atoms with E-state index < -0.39 is 0 Å². The molecule has 1 fully saturated rings. The minimum Gasteiger partial charge on any atom is -0.357 e. The summed E-state index contributed by atoms with van der Waals surface area (Å²) >= 11 is 3.61. The normalized spacial score (nSPS) is 16.8. The van der Waals surface area contributed by atoms with Gasteiger partial charge in [-0.1, -0.05) is 6.07 Å². The zero-order chi connectivity index (χ0) is 18.2. The van der Waals surface area contributed by atoms with Crippen molar-refractivity contribution in [2.24, 2.45) is 4.99 Å². The van der Waals surface area contributed by atoms with Crippen molar-refractivity contribution in [3.8, 4) is 0 Å². The molecule has 0 spiro atoms. The lowest BCUT2D eigenvalue weighted by Gasteiger charge is -2.25. The van der Waals surface area contributed by atoms with Gasteiger partial charge < -0.3 is 10.6 Å². The van der Waals surface area contributed by atoms with Crippen molar-refractivity contribution in [3.63, 3.8) is 0 Å². The van der Waals surface area contributed by atoms with Crippen molar-refractivity contribution in [2.45, 2.75) is 39.2 Å². The fourth-order valence-corrected chi connectivity index (χ4v) is 4.88. The van der Waals surface area contributed by atoms with Gasteiger partial charge in [-0.15, -0.1) is 22.7 Å². The van der Waals surface area contributed by atoms with E-state index in [1.165, 1.54) is 40.7 Å². The van der Waals surface area contributed by atoms with E-state index in [1.807, 2.05) is 17.5 Å². The van der Waals surface area contributed by atoms with Crippen LogP contribution in [0.2, 0.25) is 0 Å². The zero-order valence-corrected chi connectivity index (χ0v) is 17.3. The van der Waals surface area contributed by atoms with Gasteiger partial charge in [-0.2, -0.15) is 0 Å². The second-order valence-electron chi connectivity index (χ2n) is 6.54. The Bertz CT molecular complexity index is 674. The Balaban J connectivity index is 1.58. The molecule has 0 radical (unpaired) electrons. The van der Waals surface area contributed by atoms with Gasteiger partial charge in [0.05, 0.1) is 17.6 Å². The van der Waals surface area contributed by atoms with Gasteiger partial charge >= 0.3 is 0 Å². The highest BCUT2D eigenvalue weighted by Gasteiger charge is 2.24. The van der Waals surface area contributed by atoms with Crippen molar-refractivity contribution >= 4 is 28.6 Å². The molecule has 0 aliphatic carbocycles. The molecule has 2 aromatic rings. The first-order valence-corrected chi connectivity index (χ1v) is 11.2. The molecule has 0 aromatic carbocycles. The first-order chi connectivity index (χ1) is 12.8. The van der Waals surface area contributed by atoms with Crippen LogP contribution in [0.1, 0.15) is 40.6 Å². The topological polar surface area (TPSA) is 52.6 Å². The van der Waals surface area contributed by atoms with Gasteiger partial charge in [0.1, 0.15) is 0 Å².